The normalized spacial score (nSPS) is 16.6. The van der Waals surface area contributed by atoms with Crippen LogP contribution in [0.1, 0.15) is 124 Å². The largest absolute Gasteiger partial charge is 0.379 e. The average Bonchev–Trinajstić information content (AvgIpc) is 4.11. The summed E-state index contributed by atoms with van der Waals surface area (Å²) >= 11 is 1.50. The highest BCUT2D eigenvalue weighted by Gasteiger charge is 2.42. The molecule has 14 nitrogen and oxygen atoms in total. The average molecular weight is 899 g/mol. The number of aromatic amines is 1. The molecule has 8 atom stereocenters. The van der Waals surface area contributed by atoms with Crippen LogP contribution in [0, 0.1) is 17.8 Å². The highest BCUT2D eigenvalue weighted by Crippen LogP contribution is 2.30. The molecule has 1 aliphatic rings. The van der Waals surface area contributed by atoms with Gasteiger partial charge < -0.3 is 34.9 Å². The van der Waals surface area contributed by atoms with Crippen molar-refractivity contribution >= 4 is 35.5 Å². The van der Waals surface area contributed by atoms with E-state index in [1.54, 1.807) is 38.6 Å². The van der Waals surface area contributed by atoms with Crippen LogP contribution in [0.2, 0.25) is 0 Å². The first-order valence-electron chi connectivity index (χ1n) is 22.9. The minimum atomic E-state index is -0.558. The Morgan fingerprint density at radius 2 is 1.67 bits per heavy atom. The molecule has 4 rings (SSSR count). The number of nitrogens with zero attached hydrogens (tertiary/aromatic N) is 5. The molecule has 0 radical (unpaired) electrons. The molecule has 8 unspecified atom stereocenters. The number of methoxy groups -OCH3 is 2. The fourth-order valence-electron chi connectivity index (χ4n) is 7.61. The Morgan fingerprint density at radius 1 is 1.00 bits per heavy atom. The molecule has 1 aliphatic heterocycles. The van der Waals surface area contributed by atoms with Crippen molar-refractivity contribution in [2.24, 2.45) is 17.8 Å². The number of likely N-dealkylation sites (N-methyl/N-ethyl adjacent to an activating group) is 1. The lowest BCUT2D eigenvalue weighted by Crippen LogP contribution is -2.54. The molecule has 63 heavy (non-hydrogen) atoms. The van der Waals surface area contributed by atoms with E-state index in [9.17, 15) is 19.2 Å². The van der Waals surface area contributed by atoms with Gasteiger partial charge in [0.15, 0.2) is 0 Å². The maximum absolute atomic E-state index is 13.9. The van der Waals surface area contributed by atoms with Crippen LogP contribution in [0.3, 0.4) is 0 Å². The fourth-order valence-corrected chi connectivity index (χ4v) is 8.30. The highest BCUT2D eigenvalue weighted by molar-refractivity contribution is 7.09. The Kier molecular flexibility index (Phi) is 28.5. The first-order chi connectivity index (χ1) is 30.2. The van der Waals surface area contributed by atoms with Crippen molar-refractivity contribution in [1.29, 1.82) is 0 Å². The molecule has 1 aromatic carbocycles. The second kappa shape index (κ2) is 31.6. The van der Waals surface area contributed by atoms with Crippen LogP contribution in [0.25, 0.3) is 0 Å². The van der Waals surface area contributed by atoms with Gasteiger partial charge in [-0.2, -0.15) is 0 Å². The van der Waals surface area contributed by atoms with E-state index < -0.39 is 18.1 Å². The molecule has 3 N–H and O–H groups in total. The number of amides is 4. The monoisotopic (exact) mass is 899 g/mol. The molecule has 1 fully saturated rings. The van der Waals surface area contributed by atoms with Gasteiger partial charge in [0.2, 0.25) is 24.1 Å². The smallest absolute Gasteiger partial charge is 0.242 e. The minimum Gasteiger partial charge on any atom is -0.379 e. The molecule has 2 aromatic heterocycles. The predicted octanol–water partition coefficient (Wildman–Crippen LogP) is 7.54. The van der Waals surface area contributed by atoms with Gasteiger partial charge in [0.25, 0.3) is 0 Å². The second-order valence-corrected chi connectivity index (χ2v) is 17.3. The summed E-state index contributed by atoms with van der Waals surface area (Å²) in [4.78, 5) is 68.6. The number of H-pyrrole nitrogens is 1. The summed E-state index contributed by atoms with van der Waals surface area (Å²) in [6, 6.07) is 9.62. The summed E-state index contributed by atoms with van der Waals surface area (Å²) in [5.41, 5.74) is 1.09. The van der Waals surface area contributed by atoms with Crippen molar-refractivity contribution in [1.82, 2.24) is 40.3 Å². The maximum atomic E-state index is 13.9. The van der Waals surface area contributed by atoms with E-state index in [0.29, 0.717) is 37.8 Å². The zero-order chi connectivity index (χ0) is 47.5. The van der Waals surface area contributed by atoms with Gasteiger partial charge in [-0.25, -0.2) is 9.97 Å². The molecule has 0 bridgehead atoms. The van der Waals surface area contributed by atoms with Crippen molar-refractivity contribution in [3.63, 3.8) is 0 Å². The second-order valence-electron chi connectivity index (χ2n) is 16.4. The van der Waals surface area contributed by atoms with E-state index in [4.69, 9.17) is 9.47 Å². The minimum absolute atomic E-state index is 0.0411. The molecule has 15 heteroatoms. The third-order valence-corrected chi connectivity index (χ3v) is 12.5. The van der Waals surface area contributed by atoms with Crippen LogP contribution in [0.5, 0.6) is 0 Å². The zero-order valence-electron chi connectivity index (χ0n) is 40.9. The lowest BCUT2D eigenvalue weighted by molar-refractivity contribution is -0.145. The Balaban J connectivity index is 0.000000920. The number of ether oxygens (including phenoxy) is 2. The van der Waals surface area contributed by atoms with Crippen molar-refractivity contribution in [3.8, 4) is 0 Å². The Bertz CT molecular complexity index is 1650. The highest BCUT2D eigenvalue weighted by atomic mass is 32.1. The molecule has 1 saturated heterocycles. The van der Waals surface area contributed by atoms with Crippen molar-refractivity contribution in [2.45, 2.75) is 151 Å². The summed E-state index contributed by atoms with van der Waals surface area (Å²) in [6.45, 7) is 22.2. The van der Waals surface area contributed by atoms with E-state index in [-0.39, 0.29) is 54.7 Å². The third kappa shape index (κ3) is 18.8. The molecular weight excluding hydrogens is 817 g/mol. The number of hydrogen-bond donors (Lipinski definition) is 3. The van der Waals surface area contributed by atoms with E-state index in [1.165, 1.54) is 17.8 Å². The van der Waals surface area contributed by atoms with Crippen LogP contribution >= 0.6 is 11.3 Å². The molecule has 0 aliphatic carbocycles. The van der Waals surface area contributed by atoms with Gasteiger partial charge in [-0.1, -0.05) is 105 Å². The number of imidazole rings is 1. The number of thiazole rings is 1. The van der Waals surface area contributed by atoms with Gasteiger partial charge >= 0.3 is 0 Å². The van der Waals surface area contributed by atoms with E-state index in [2.05, 4.69) is 72.2 Å². The van der Waals surface area contributed by atoms with Crippen molar-refractivity contribution in [3.05, 3.63) is 70.7 Å². The van der Waals surface area contributed by atoms with Crippen molar-refractivity contribution in [2.75, 3.05) is 41.4 Å². The number of rotatable bonds is 22. The van der Waals surface area contributed by atoms with Gasteiger partial charge in [0.05, 0.1) is 55.8 Å². The first kappa shape index (κ1) is 56.8. The van der Waals surface area contributed by atoms with Gasteiger partial charge in [0.1, 0.15) is 10.8 Å². The molecule has 3 aromatic rings. The molecule has 4 amide bonds. The zero-order valence-corrected chi connectivity index (χ0v) is 41.7. The number of hydrogen-bond acceptors (Lipinski definition) is 10. The number of nitrogens with one attached hydrogen (secondary N) is 3. The van der Waals surface area contributed by atoms with E-state index >= 15 is 0 Å². The number of likely N-dealkylation sites (tertiary alicyclic amines) is 1. The fraction of sp³-hybridized carbons (Fsp3) is 0.667. The topological polar surface area (TPSA) is 162 Å². The summed E-state index contributed by atoms with van der Waals surface area (Å²) in [6.07, 6.45) is 9.02. The Hall–Kier alpha value is -4.18. The molecule has 3 heterocycles. The standard InChI is InChI=1S/C33H49N5O6S.C10H19N3.C3H8.C2H6/c1-7-22(2)30(37(4)29(41)20-34-21-39)27(43-5)19-28(40)38-16-11-14-26(38)31(44-6)23(3)32(42)36-25(33-35-15-17-45-33)18-24-12-9-8-10-13-24;1-8(2)9(3)13(4)7-10-11-5-6-12-10;1-3-2;1-2/h8-10,12-13,15,17,21-23,25-27,30-31H,7,11,14,16,18-20H2,1-6H3,(H,34,39)(H,36,42);5-6,8-9H,7H2,1-4H3,(H,11,12);3H2,1-2H3;1-2H3. The summed E-state index contributed by atoms with van der Waals surface area (Å²) < 4.78 is 11.8. The van der Waals surface area contributed by atoms with Crippen molar-refractivity contribution < 1.29 is 28.7 Å². The van der Waals surface area contributed by atoms with Crippen LogP contribution in [-0.4, -0.2) is 126 Å². The number of carbonyl (C=O) groups is 4. The van der Waals surface area contributed by atoms with Crippen LogP contribution in [-0.2, 0) is 41.6 Å². The van der Waals surface area contributed by atoms with Crippen LogP contribution in [0.4, 0.5) is 0 Å². The van der Waals surface area contributed by atoms with Gasteiger partial charge in [-0.05, 0) is 50.6 Å². The lowest BCUT2D eigenvalue weighted by atomic mass is 9.90. The Morgan fingerprint density at radius 3 is 2.19 bits per heavy atom. The summed E-state index contributed by atoms with van der Waals surface area (Å²) in [5, 5.41) is 8.36. The van der Waals surface area contributed by atoms with Crippen LogP contribution in [0.15, 0.2) is 54.3 Å². The van der Waals surface area contributed by atoms with Gasteiger partial charge in [0, 0.05) is 57.8 Å². The number of carbonyl (C=O) groups excluding carboxylic acids is 4. The van der Waals surface area contributed by atoms with Gasteiger partial charge in [-0.15, -0.1) is 11.3 Å². The Labute approximate surface area is 383 Å². The first-order valence-corrected chi connectivity index (χ1v) is 23.8. The van der Waals surface area contributed by atoms with Gasteiger partial charge in [-0.3, -0.25) is 24.1 Å². The summed E-state index contributed by atoms with van der Waals surface area (Å²) in [5.74, 6) is 0.696. The number of benzene rings is 1. The summed E-state index contributed by atoms with van der Waals surface area (Å²) in [7, 11) is 6.95. The SMILES string of the molecule is CC.CC(C)C(C)N(C)Cc1ncc[nH]1.CCC.CCC(C)C(C(CC(=O)N1CCCC1C(OC)C(C)C(=O)NC(Cc1ccccc1)c1nccs1)OC)N(C)C(=O)CNC=O. The molecule has 0 spiro atoms. The third-order valence-electron chi connectivity index (χ3n) is 11.6. The number of aromatic nitrogens is 3. The van der Waals surface area contributed by atoms with E-state index in [0.717, 1.165) is 35.8 Å². The maximum Gasteiger partial charge on any atom is 0.242 e. The molecule has 0 saturated carbocycles. The predicted molar refractivity (Wildman–Crippen MR) is 255 cm³/mol. The van der Waals surface area contributed by atoms with Crippen LogP contribution < -0.4 is 10.6 Å². The van der Waals surface area contributed by atoms with E-state index in [1.807, 2.05) is 81.4 Å². The quantitative estimate of drug-likeness (QED) is 0.0866. The lowest BCUT2D eigenvalue weighted by Gasteiger charge is -2.39. The molecule has 356 valence electrons. The molecular formula is C48H82N8O6S.